The number of esters is 1. The van der Waals surface area contributed by atoms with Crippen molar-refractivity contribution in [2.45, 2.75) is 25.3 Å². The number of piperidine rings is 1. The van der Waals surface area contributed by atoms with Crippen LogP contribution in [0.3, 0.4) is 0 Å². The smallest absolute Gasteiger partial charge is 0.328 e. The predicted molar refractivity (Wildman–Crippen MR) is 82.1 cm³/mol. The van der Waals surface area contributed by atoms with Crippen LogP contribution in [0.2, 0.25) is 0 Å². The molecule has 0 N–H and O–H groups in total. The zero-order valence-corrected chi connectivity index (χ0v) is 12.9. The van der Waals surface area contributed by atoms with Gasteiger partial charge in [-0.3, -0.25) is 9.36 Å². The number of hydrogen-bond acceptors (Lipinski definition) is 5. The van der Waals surface area contributed by atoms with Crippen molar-refractivity contribution in [3.8, 4) is 5.82 Å². The number of likely N-dealkylation sites (tertiary alicyclic amines) is 1. The highest BCUT2D eigenvalue weighted by atomic mass is 16.5. The second-order valence-corrected chi connectivity index (χ2v) is 5.41. The molecule has 1 unspecified atom stereocenters. The lowest BCUT2D eigenvalue weighted by Crippen LogP contribution is -2.48. The number of ether oxygens (including phenoxy) is 1. The van der Waals surface area contributed by atoms with Crippen LogP contribution in [0.5, 0.6) is 0 Å². The van der Waals surface area contributed by atoms with E-state index in [-0.39, 0.29) is 11.9 Å². The van der Waals surface area contributed by atoms with Crippen LogP contribution in [0.4, 0.5) is 0 Å². The number of amides is 1. The molecule has 2 aromatic heterocycles. The Bertz CT molecular complexity index is 682. The maximum absolute atomic E-state index is 12.7. The molecule has 0 saturated carbocycles. The molecule has 1 aliphatic rings. The Labute approximate surface area is 133 Å². The highest BCUT2D eigenvalue weighted by Gasteiger charge is 2.33. The van der Waals surface area contributed by atoms with Gasteiger partial charge in [0.1, 0.15) is 18.2 Å². The van der Waals surface area contributed by atoms with Crippen molar-refractivity contribution in [1.82, 2.24) is 19.4 Å². The summed E-state index contributed by atoms with van der Waals surface area (Å²) in [5, 5.41) is 0. The molecule has 0 radical (unpaired) electrons. The fourth-order valence-corrected chi connectivity index (χ4v) is 2.78. The van der Waals surface area contributed by atoms with Crippen molar-refractivity contribution in [2.75, 3.05) is 13.7 Å². The van der Waals surface area contributed by atoms with E-state index in [0.717, 1.165) is 12.8 Å². The van der Waals surface area contributed by atoms with Crippen LogP contribution >= 0.6 is 0 Å². The molecule has 3 rings (SSSR count). The van der Waals surface area contributed by atoms with Gasteiger partial charge < -0.3 is 9.64 Å². The van der Waals surface area contributed by atoms with Gasteiger partial charge in [0.15, 0.2) is 0 Å². The van der Waals surface area contributed by atoms with E-state index in [1.54, 1.807) is 40.3 Å². The van der Waals surface area contributed by atoms with Gasteiger partial charge in [-0.1, -0.05) is 0 Å². The van der Waals surface area contributed by atoms with Crippen molar-refractivity contribution >= 4 is 11.9 Å². The Morgan fingerprint density at radius 2 is 2.17 bits per heavy atom. The number of aromatic nitrogens is 3. The number of imidazole rings is 1. The van der Waals surface area contributed by atoms with Gasteiger partial charge in [0.25, 0.3) is 5.91 Å². The van der Waals surface area contributed by atoms with Gasteiger partial charge in [0, 0.05) is 25.1 Å². The SMILES string of the molecule is COC(=O)C1CCCCN1C(=O)c1ccc(-n2ccnc2)nc1. The number of pyridine rings is 1. The monoisotopic (exact) mass is 314 g/mol. The van der Waals surface area contributed by atoms with Crippen LogP contribution in [0, 0.1) is 0 Å². The van der Waals surface area contributed by atoms with Crippen molar-refractivity contribution in [2.24, 2.45) is 0 Å². The molecule has 0 bridgehead atoms. The molecule has 23 heavy (non-hydrogen) atoms. The Balaban J connectivity index is 1.80. The minimum atomic E-state index is -0.505. The molecular weight excluding hydrogens is 296 g/mol. The third-order valence-corrected chi connectivity index (χ3v) is 4.00. The summed E-state index contributed by atoms with van der Waals surface area (Å²) in [6, 6.07) is 2.97. The molecule has 0 spiro atoms. The number of methoxy groups -OCH3 is 1. The minimum Gasteiger partial charge on any atom is -0.467 e. The fraction of sp³-hybridized carbons (Fsp3) is 0.375. The highest BCUT2D eigenvalue weighted by molar-refractivity contribution is 5.96. The summed E-state index contributed by atoms with van der Waals surface area (Å²) in [6.45, 7) is 0.557. The number of nitrogens with zero attached hydrogens (tertiary/aromatic N) is 4. The standard InChI is InChI=1S/C16H18N4O3/c1-23-16(22)13-4-2-3-8-20(13)15(21)12-5-6-14(18-10-12)19-9-7-17-11-19/h5-7,9-11,13H,2-4,8H2,1H3. The first-order valence-corrected chi connectivity index (χ1v) is 7.54. The number of carbonyl (C=O) groups excluding carboxylic acids is 2. The first-order chi connectivity index (χ1) is 11.2. The molecule has 120 valence electrons. The van der Waals surface area contributed by atoms with E-state index in [1.807, 2.05) is 0 Å². The number of carbonyl (C=O) groups is 2. The van der Waals surface area contributed by atoms with E-state index in [0.29, 0.717) is 24.3 Å². The Hall–Kier alpha value is -2.70. The van der Waals surface area contributed by atoms with Gasteiger partial charge in [-0.15, -0.1) is 0 Å². The molecule has 1 atom stereocenters. The van der Waals surface area contributed by atoms with Crippen molar-refractivity contribution in [1.29, 1.82) is 0 Å². The zero-order valence-electron chi connectivity index (χ0n) is 12.9. The van der Waals surface area contributed by atoms with Gasteiger partial charge in [-0.05, 0) is 31.4 Å². The summed E-state index contributed by atoms with van der Waals surface area (Å²) in [6.07, 6.45) is 9.06. The number of hydrogen-bond donors (Lipinski definition) is 0. The average molecular weight is 314 g/mol. The summed E-state index contributed by atoms with van der Waals surface area (Å²) in [5.41, 5.74) is 0.463. The lowest BCUT2D eigenvalue weighted by molar-refractivity contribution is -0.147. The minimum absolute atomic E-state index is 0.190. The van der Waals surface area contributed by atoms with Gasteiger partial charge >= 0.3 is 5.97 Å². The molecule has 1 amide bonds. The molecule has 1 saturated heterocycles. The first-order valence-electron chi connectivity index (χ1n) is 7.54. The van der Waals surface area contributed by atoms with Crippen LogP contribution in [-0.4, -0.2) is 51.0 Å². The first kappa shape index (κ1) is 15.2. The molecule has 0 aliphatic carbocycles. The average Bonchev–Trinajstić information content (AvgIpc) is 3.15. The van der Waals surface area contributed by atoms with E-state index in [1.165, 1.54) is 13.3 Å². The summed E-state index contributed by atoms with van der Waals surface area (Å²) in [5.74, 6) is 0.132. The summed E-state index contributed by atoms with van der Waals surface area (Å²) < 4.78 is 6.57. The van der Waals surface area contributed by atoms with Crippen molar-refractivity contribution in [3.05, 3.63) is 42.6 Å². The van der Waals surface area contributed by atoms with Gasteiger partial charge in [0.05, 0.1) is 12.7 Å². The molecule has 7 heteroatoms. The van der Waals surface area contributed by atoms with Crippen LogP contribution < -0.4 is 0 Å². The van der Waals surface area contributed by atoms with Gasteiger partial charge in [0.2, 0.25) is 0 Å². The quantitative estimate of drug-likeness (QED) is 0.801. The second kappa shape index (κ2) is 6.60. The van der Waals surface area contributed by atoms with E-state index in [9.17, 15) is 9.59 Å². The fourth-order valence-electron chi connectivity index (χ4n) is 2.78. The summed E-state index contributed by atoms with van der Waals surface area (Å²) in [4.78, 5) is 34.4. The number of rotatable bonds is 3. The third-order valence-electron chi connectivity index (χ3n) is 4.00. The summed E-state index contributed by atoms with van der Waals surface area (Å²) in [7, 11) is 1.35. The van der Waals surface area contributed by atoms with Crippen LogP contribution in [0.15, 0.2) is 37.1 Å². The predicted octanol–water partition coefficient (Wildman–Crippen LogP) is 1.43. The molecule has 1 fully saturated rings. The van der Waals surface area contributed by atoms with E-state index in [4.69, 9.17) is 4.74 Å². The lowest BCUT2D eigenvalue weighted by atomic mass is 10.0. The Kier molecular flexibility index (Phi) is 4.36. The van der Waals surface area contributed by atoms with E-state index < -0.39 is 6.04 Å². The van der Waals surface area contributed by atoms with Gasteiger partial charge in [-0.25, -0.2) is 14.8 Å². The molecule has 0 aromatic carbocycles. The third kappa shape index (κ3) is 3.08. The highest BCUT2D eigenvalue weighted by Crippen LogP contribution is 2.20. The normalized spacial score (nSPS) is 17.8. The molecular formula is C16H18N4O3. The van der Waals surface area contributed by atoms with E-state index >= 15 is 0 Å². The van der Waals surface area contributed by atoms with Crippen LogP contribution in [-0.2, 0) is 9.53 Å². The Morgan fingerprint density at radius 3 is 2.83 bits per heavy atom. The van der Waals surface area contributed by atoms with Crippen molar-refractivity contribution in [3.63, 3.8) is 0 Å². The molecule has 2 aromatic rings. The zero-order chi connectivity index (χ0) is 16.2. The maximum atomic E-state index is 12.7. The van der Waals surface area contributed by atoms with Crippen LogP contribution in [0.25, 0.3) is 5.82 Å². The summed E-state index contributed by atoms with van der Waals surface area (Å²) >= 11 is 0. The molecule has 3 heterocycles. The molecule has 1 aliphatic heterocycles. The van der Waals surface area contributed by atoms with E-state index in [2.05, 4.69) is 9.97 Å². The topological polar surface area (TPSA) is 77.3 Å². The lowest BCUT2D eigenvalue weighted by Gasteiger charge is -2.33. The van der Waals surface area contributed by atoms with Crippen LogP contribution in [0.1, 0.15) is 29.6 Å². The second-order valence-electron chi connectivity index (χ2n) is 5.41. The molecule has 7 nitrogen and oxygen atoms in total. The maximum Gasteiger partial charge on any atom is 0.328 e. The van der Waals surface area contributed by atoms with Crippen molar-refractivity contribution < 1.29 is 14.3 Å². The Morgan fingerprint density at radius 1 is 1.30 bits per heavy atom. The van der Waals surface area contributed by atoms with Gasteiger partial charge in [-0.2, -0.15) is 0 Å². The largest absolute Gasteiger partial charge is 0.467 e.